The number of ether oxygens (including phenoxy) is 1. The Balaban J connectivity index is 1.45. The van der Waals surface area contributed by atoms with E-state index in [4.69, 9.17) is 26.6 Å². The first-order chi connectivity index (χ1) is 19.7. The maximum absolute atomic E-state index is 13.6. The Labute approximate surface area is 250 Å². The molecule has 5 rings (SSSR count). The number of aliphatic imine (C=N–C) groups is 1. The van der Waals surface area contributed by atoms with Crippen LogP contribution in [0.25, 0.3) is 0 Å². The van der Waals surface area contributed by atoms with Crippen molar-refractivity contribution in [1.82, 2.24) is 0 Å². The number of hydrogen-bond donors (Lipinski definition) is 1. The van der Waals surface area contributed by atoms with Gasteiger partial charge in [-0.05, 0) is 84.2 Å². The van der Waals surface area contributed by atoms with Crippen LogP contribution in [-0.4, -0.2) is 12.1 Å². The number of thiophene rings is 1. The zero-order valence-corrected chi connectivity index (χ0v) is 25.0. The van der Waals surface area contributed by atoms with Gasteiger partial charge in [-0.25, -0.2) is 4.99 Å². The number of nitriles is 1. The monoisotopic (exact) mass is 581 g/mol. The van der Waals surface area contributed by atoms with Crippen molar-refractivity contribution < 1.29 is 9.53 Å². The van der Waals surface area contributed by atoms with Gasteiger partial charge in [0.1, 0.15) is 17.4 Å². The molecule has 1 aliphatic carbocycles. The lowest BCUT2D eigenvalue weighted by atomic mass is 9.72. The van der Waals surface area contributed by atoms with E-state index in [1.165, 1.54) is 4.88 Å². The van der Waals surface area contributed by atoms with E-state index >= 15 is 0 Å². The normalized spacial score (nSPS) is 14.9. The molecule has 0 unspecified atom stereocenters. The van der Waals surface area contributed by atoms with Crippen LogP contribution in [0.5, 0.6) is 5.75 Å². The predicted molar refractivity (Wildman–Crippen MR) is 168 cm³/mol. The highest BCUT2D eigenvalue weighted by molar-refractivity contribution is 7.16. The molecule has 0 spiro atoms. The van der Waals surface area contributed by atoms with Crippen molar-refractivity contribution in [3.05, 3.63) is 111 Å². The predicted octanol–water partition coefficient (Wildman–Crippen LogP) is 9.01. The fraction of sp³-hybridized carbons (Fsp3) is 0.265. The highest BCUT2D eigenvalue weighted by Crippen LogP contribution is 2.45. The quantitative estimate of drug-likeness (QED) is 0.221. The van der Waals surface area contributed by atoms with Crippen LogP contribution in [0.4, 0.5) is 10.7 Å². The van der Waals surface area contributed by atoms with Gasteiger partial charge in [0, 0.05) is 27.4 Å². The molecule has 1 atom stereocenters. The van der Waals surface area contributed by atoms with E-state index in [0.717, 1.165) is 41.6 Å². The summed E-state index contributed by atoms with van der Waals surface area (Å²) < 4.78 is 6.12. The summed E-state index contributed by atoms with van der Waals surface area (Å²) in [6, 6.07) is 24.4. The lowest BCUT2D eigenvalue weighted by Crippen LogP contribution is -2.27. The molecule has 1 amide bonds. The maximum Gasteiger partial charge on any atom is 0.259 e. The molecule has 1 N–H and O–H groups in total. The molecule has 1 aromatic heterocycles. The lowest BCUT2D eigenvalue weighted by Gasteiger charge is -2.33. The van der Waals surface area contributed by atoms with Gasteiger partial charge in [0.05, 0.1) is 17.2 Å². The zero-order valence-electron chi connectivity index (χ0n) is 23.4. The first-order valence-corrected chi connectivity index (χ1v) is 14.9. The van der Waals surface area contributed by atoms with Gasteiger partial charge in [0.25, 0.3) is 5.91 Å². The van der Waals surface area contributed by atoms with Crippen LogP contribution in [0.1, 0.15) is 64.7 Å². The fourth-order valence-electron chi connectivity index (χ4n) is 5.07. The molecule has 0 fully saturated rings. The number of nitrogens with zero attached hydrogens (tertiary/aromatic N) is 2. The topological polar surface area (TPSA) is 74.5 Å². The molecule has 41 heavy (non-hydrogen) atoms. The number of fused-ring (bicyclic) bond motifs is 1. The van der Waals surface area contributed by atoms with Crippen molar-refractivity contribution in [3.63, 3.8) is 0 Å². The molecule has 5 nitrogen and oxygen atoms in total. The number of para-hydroxylation sites is 1. The van der Waals surface area contributed by atoms with Crippen molar-refractivity contribution in [3.8, 4) is 11.8 Å². The van der Waals surface area contributed by atoms with Crippen molar-refractivity contribution in [1.29, 1.82) is 5.26 Å². The van der Waals surface area contributed by atoms with Crippen LogP contribution < -0.4 is 10.1 Å². The van der Waals surface area contributed by atoms with Crippen LogP contribution >= 0.6 is 22.9 Å². The fourth-order valence-corrected chi connectivity index (χ4v) is 6.52. The second-order valence-electron chi connectivity index (χ2n) is 11.3. The summed E-state index contributed by atoms with van der Waals surface area (Å²) in [5.74, 6) is 1.04. The first-order valence-electron chi connectivity index (χ1n) is 13.7. The second kappa shape index (κ2) is 12.3. The highest BCUT2D eigenvalue weighted by Gasteiger charge is 2.33. The molecule has 0 bridgehead atoms. The third-order valence-electron chi connectivity index (χ3n) is 7.50. The number of anilines is 1. The van der Waals surface area contributed by atoms with Gasteiger partial charge in [0.15, 0.2) is 0 Å². The van der Waals surface area contributed by atoms with Crippen LogP contribution in [0.3, 0.4) is 0 Å². The number of carbonyl (C=O) groups is 1. The molecule has 1 heterocycles. The summed E-state index contributed by atoms with van der Waals surface area (Å²) >= 11 is 7.96. The van der Waals surface area contributed by atoms with Gasteiger partial charge in [-0.15, -0.1) is 11.3 Å². The van der Waals surface area contributed by atoms with E-state index in [9.17, 15) is 4.79 Å². The number of hydrogen-bond acceptors (Lipinski definition) is 5. The number of amides is 1. The van der Waals surface area contributed by atoms with Gasteiger partial charge in [-0.2, -0.15) is 5.26 Å². The molecule has 1 aliphatic rings. The standard InChI is InChI=1S/C34H32ClN3O2S/c1-34(2,3)25-13-15-28-30(18-25)41-33(31(28)32(39)38-27-7-5-4-6-8-27)37-20-24-17-26(35)14-16-29(24)40-21-23-11-9-22(19-36)10-12-23/h4-12,14,16-17,20,25H,13,15,18,21H2,1-3H3,(H,38,39)/t25-/m1/s1. The summed E-state index contributed by atoms with van der Waals surface area (Å²) in [5.41, 5.74) is 4.98. The molecule has 0 aliphatic heterocycles. The maximum atomic E-state index is 13.6. The molecule has 0 saturated heterocycles. The minimum absolute atomic E-state index is 0.140. The van der Waals surface area contributed by atoms with Crippen LogP contribution in [-0.2, 0) is 19.4 Å². The average Bonchev–Trinajstić information content (AvgIpc) is 3.34. The van der Waals surface area contributed by atoms with Crippen molar-refractivity contribution in [2.75, 3.05) is 5.32 Å². The Morgan fingerprint density at radius 1 is 1.15 bits per heavy atom. The minimum Gasteiger partial charge on any atom is -0.488 e. The molecule has 7 heteroatoms. The highest BCUT2D eigenvalue weighted by atomic mass is 35.5. The molecule has 208 valence electrons. The summed E-state index contributed by atoms with van der Waals surface area (Å²) in [7, 11) is 0. The van der Waals surface area contributed by atoms with Gasteiger partial charge in [-0.3, -0.25) is 4.79 Å². The summed E-state index contributed by atoms with van der Waals surface area (Å²) in [6.45, 7) is 7.20. The van der Waals surface area contributed by atoms with Crippen LogP contribution in [0.15, 0.2) is 77.8 Å². The molecule has 4 aromatic rings. The van der Waals surface area contributed by atoms with Gasteiger partial charge in [-0.1, -0.05) is 62.7 Å². The second-order valence-corrected chi connectivity index (χ2v) is 12.9. The third-order valence-corrected chi connectivity index (χ3v) is 8.90. The zero-order chi connectivity index (χ0) is 29.0. The number of benzene rings is 3. The molecule has 0 saturated carbocycles. The Kier molecular flexibility index (Phi) is 8.58. The molecular formula is C34H32ClN3O2S. The molecular weight excluding hydrogens is 550 g/mol. The number of carbonyl (C=O) groups excluding carboxylic acids is 1. The summed E-state index contributed by atoms with van der Waals surface area (Å²) in [4.78, 5) is 19.7. The van der Waals surface area contributed by atoms with Gasteiger partial charge >= 0.3 is 0 Å². The summed E-state index contributed by atoms with van der Waals surface area (Å²) in [5, 5.41) is 13.4. The Morgan fingerprint density at radius 2 is 1.90 bits per heavy atom. The first kappa shape index (κ1) is 28.6. The van der Waals surface area contributed by atoms with E-state index in [1.54, 1.807) is 35.8 Å². The smallest absolute Gasteiger partial charge is 0.259 e. The Hall–Kier alpha value is -3.92. The lowest BCUT2D eigenvalue weighted by molar-refractivity contribution is 0.102. The number of halogens is 1. The van der Waals surface area contributed by atoms with Crippen LogP contribution in [0, 0.1) is 22.7 Å². The van der Waals surface area contributed by atoms with E-state index in [2.05, 4.69) is 32.2 Å². The summed E-state index contributed by atoms with van der Waals surface area (Å²) in [6.07, 6.45) is 4.58. The van der Waals surface area contributed by atoms with E-state index < -0.39 is 0 Å². The number of rotatable bonds is 7. The number of nitrogens with one attached hydrogen (secondary N) is 1. The Bertz CT molecular complexity index is 1610. The SMILES string of the molecule is CC(C)(C)[C@@H]1CCc2c(sc(N=Cc3cc(Cl)ccc3OCc3ccc(C#N)cc3)c2C(=O)Nc2ccccc2)C1. The van der Waals surface area contributed by atoms with Gasteiger partial charge in [0.2, 0.25) is 0 Å². The molecule has 0 radical (unpaired) electrons. The van der Waals surface area contributed by atoms with Crippen molar-refractivity contribution in [2.45, 2.75) is 46.6 Å². The molecule has 3 aromatic carbocycles. The minimum atomic E-state index is -0.140. The van der Waals surface area contributed by atoms with E-state index in [0.29, 0.717) is 39.4 Å². The average molecular weight is 582 g/mol. The third kappa shape index (κ3) is 6.87. The van der Waals surface area contributed by atoms with Crippen LogP contribution in [0.2, 0.25) is 5.02 Å². The van der Waals surface area contributed by atoms with Crippen molar-refractivity contribution in [2.24, 2.45) is 16.3 Å². The largest absolute Gasteiger partial charge is 0.488 e. The van der Waals surface area contributed by atoms with E-state index in [1.807, 2.05) is 54.6 Å². The van der Waals surface area contributed by atoms with E-state index in [-0.39, 0.29) is 11.3 Å². The van der Waals surface area contributed by atoms with Crippen molar-refractivity contribution >= 4 is 45.7 Å². The van der Waals surface area contributed by atoms with Gasteiger partial charge < -0.3 is 10.1 Å². The Morgan fingerprint density at radius 3 is 2.61 bits per heavy atom.